The summed E-state index contributed by atoms with van der Waals surface area (Å²) in [7, 11) is 3.42. The highest BCUT2D eigenvalue weighted by atomic mass is 127. The molecule has 7 nitrogen and oxygen atoms in total. The Morgan fingerprint density at radius 2 is 2.00 bits per heavy atom. The van der Waals surface area contributed by atoms with E-state index >= 15 is 0 Å². The van der Waals surface area contributed by atoms with Gasteiger partial charge in [-0.15, -0.1) is 24.0 Å². The summed E-state index contributed by atoms with van der Waals surface area (Å²) in [4.78, 5) is 21.7. The van der Waals surface area contributed by atoms with Gasteiger partial charge in [0.1, 0.15) is 12.3 Å². The van der Waals surface area contributed by atoms with Crippen LogP contribution in [0.3, 0.4) is 0 Å². The van der Waals surface area contributed by atoms with E-state index in [-0.39, 0.29) is 36.4 Å². The summed E-state index contributed by atoms with van der Waals surface area (Å²) in [6, 6.07) is 0. The van der Waals surface area contributed by atoms with Crippen molar-refractivity contribution >= 4 is 35.8 Å². The van der Waals surface area contributed by atoms with E-state index in [1.165, 1.54) is 4.90 Å². The van der Waals surface area contributed by atoms with Crippen molar-refractivity contribution in [3.8, 4) is 0 Å². The molecule has 0 aliphatic carbocycles. The van der Waals surface area contributed by atoms with Crippen molar-refractivity contribution in [3.05, 3.63) is 17.3 Å². The normalized spacial score (nSPS) is 10.9. The third kappa shape index (κ3) is 7.10. The van der Waals surface area contributed by atoms with E-state index in [0.717, 1.165) is 24.4 Å². The average Bonchev–Trinajstić information content (AvgIpc) is 2.76. The first-order valence-electron chi connectivity index (χ1n) is 7.09. The number of aromatic nitrogens is 1. The third-order valence-electron chi connectivity index (χ3n) is 2.89. The Morgan fingerprint density at radius 3 is 2.50 bits per heavy atom. The van der Waals surface area contributed by atoms with Gasteiger partial charge < -0.3 is 20.0 Å². The topological polar surface area (TPSA) is 82.8 Å². The molecule has 126 valence electrons. The van der Waals surface area contributed by atoms with E-state index < -0.39 is 0 Å². The Kier molecular flexibility index (Phi) is 9.79. The first-order chi connectivity index (χ1) is 9.93. The van der Waals surface area contributed by atoms with Gasteiger partial charge in [-0.3, -0.25) is 4.79 Å². The second kappa shape index (κ2) is 10.4. The molecule has 1 rings (SSSR count). The predicted molar refractivity (Wildman–Crippen MR) is 97.5 cm³/mol. The zero-order valence-corrected chi connectivity index (χ0v) is 16.2. The van der Waals surface area contributed by atoms with Crippen molar-refractivity contribution in [3.63, 3.8) is 0 Å². The molecule has 1 heterocycles. The largest absolute Gasteiger partial charge is 0.444 e. The summed E-state index contributed by atoms with van der Waals surface area (Å²) in [6.45, 7) is 7.17. The molecule has 1 aromatic rings. The lowest BCUT2D eigenvalue weighted by molar-refractivity contribution is -0.127. The number of guanidine groups is 1. The SMILES string of the molecule is CCCNC(=NCC(=O)N(C)C)NCc1nc(C)c(C)o1.I. The molecule has 22 heavy (non-hydrogen) atoms. The Balaban J connectivity index is 0.00000441. The molecule has 0 radical (unpaired) electrons. The van der Waals surface area contributed by atoms with Crippen molar-refractivity contribution in [1.29, 1.82) is 0 Å². The minimum atomic E-state index is -0.0459. The van der Waals surface area contributed by atoms with E-state index in [4.69, 9.17) is 4.42 Å². The molecule has 1 aromatic heterocycles. The van der Waals surface area contributed by atoms with Crippen LogP contribution in [0.1, 0.15) is 30.7 Å². The maximum atomic E-state index is 11.6. The number of likely N-dealkylation sites (N-methyl/N-ethyl adjacent to an activating group) is 1. The van der Waals surface area contributed by atoms with Crippen molar-refractivity contribution in [2.45, 2.75) is 33.7 Å². The second-order valence-corrected chi connectivity index (χ2v) is 4.98. The molecule has 0 atom stereocenters. The summed E-state index contributed by atoms with van der Waals surface area (Å²) in [6.07, 6.45) is 0.972. The molecule has 0 fully saturated rings. The van der Waals surface area contributed by atoms with Crippen LogP contribution in [0.4, 0.5) is 0 Å². The number of halogens is 1. The zero-order chi connectivity index (χ0) is 15.8. The van der Waals surface area contributed by atoms with Gasteiger partial charge in [-0.1, -0.05) is 6.92 Å². The van der Waals surface area contributed by atoms with Gasteiger partial charge >= 0.3 is 0 Å². The summed E-state index contributed by atoms with van der Waals surface area (Å²) in [5, 5.41) is 6.27. The van der Waals surface area contributed by atoms with Gasteiger partial charge in [-0.25, -0.2) is 9.98 Å². The highest BCUT2D eigenvalue weighted by molar-refractivity contribution is 14.0. The van der Waals surface area contributed by atoms with Gasteiger partial charge in [-0.05, 0) is 20.3 Å². The molecule has 0 aliphatic rings. The van der Waals surface area contributed by atoms with Crippen LogP contribution in [0, 0.1) is 13.8 Å². The van der Waals surface area contributed by atoms with Gasteiger partial charge in [0.2, 0.25) is 11.8 Å². The smallest absolute Gasteiger partial charge is 0.243 e. The lowest BCUT2D eigenvalue weighted by Gasteiger charge is -2.12. The minimum Gasteiger partial charge on any atom is -0.444 e. The van der Waals surface area contributed by atoms with E-state index in [9.17, 15) is 4.79 Å². The van der Waals surface area contributed by atoms with Gasteiger partial charge in [0, 0.05) is 20.6 Å². The van der Waals surface area contributed by atoms with Crippen molar-refractivity contribution in [2.24, 2.45) is 4.99 Å². The van der Waals surface area contributed by atoms with Crippen LogP contribution in [0.2, 0.25) is 0 Å². The average molecular weight is 423 g/mol. The van der Waals surface area contributed by atoms with Crippen LogP contribution in [0.15, 0.2) is 9.41 Å². The third-order valence-corrected chi connectivity index (χ3v) is 2.89. The van der Waals surface area contributed by atoms with Crippen molar-refractivity contribution in [2.75, 3.05) is 27.2 Å². The Labute approximate surface area is 149 Å². The number of oxazole rings is 1. The predicted octanol–water partition coefficient (Wildman–Crippen LogP) is 1.44. The quantitative estimate of drug-likeness (QED) is 0.411. The molecule has 0 aliphatic heterocycles. The maximum absolute atomic E-state index is 11.6. The summed E-state index contributed by atoms with van der Waals surface area (Å²) >= 11 is 0. The molecule has 0 saturated heterocycles. The standard InChI is InChI=1S/C14H25N5O2.HI/c1-6-7-15-14(17-9-13(20)19(4)5)16-8-12-18-10(2)11(3)21-12;/h6-9H2,1-5H3,(H2,15,16,17);1H. The highest BCUT2D eigenvalue weighted by Crippen LogP contribution is 2.07. The van der Waals surface area contributed by atoms with E-state index in [1.807, 2.05) is 13.8 Å². The molecule has 0 aromatic carbocycles. The number of aryl methyl sites for hydroxylation is 2. The minimum absolute atomic E-state index is 0. The molecule has 1 amide bonds. The molecule has 2 N–H and O–H groups in total. The fourth-order valence-electron chi connectivity index (χ4n) is 1.48. The van der Waals surface area contributed by atoms with Crippen molar-refractivity contribution < 1.29 is 9.21 Å². The van der Waals surface area contributed by atoms with Crippen LogP contribution in [-0.2, 0) is 11.3 Å². The fourth-order valence-corrected chi connectivity index (χ4v) is 1.48. The number of hydrogen-bond donors (Lipinski definition) is 2. The Hall–Kier alpha value is -1.32. The first kappa shape index (κ1) is 20.7. The number of carbonyl (C=O) groups excluding carboxylic acids is 1. The van der Waals surface area contributed by atoms with Crippen molar-refractivity contribution in [1.82, 2.24) is 20.5 Å². The van der Waals surface area contributed by atoms with Crippen LogP contribution in [0.25, 0.3) is 0 Å². The lowest BCUT2D eigenvalue weighted by atomic mass is 10.4. The maximum Gasteiger partial charge on any atom is 0.243 e. The lowest BCUT2D eigenvalue weighted by Crippen LogP contribution is -2.38. The molecular weight excluding hydrogens is 397 g/mol. The fraction of sp³-hybridized carbons (Fsp3) is 0.643. The van der Waals surface area contributed by atoms with E-state index in [2.05, 4.69) is 27.5 Å². The summed E-state index contributed by atoms with van der Waals surface area (Å²) in [5.74, 6) is 1.96. The highest BCUT2D eigenvalue weighted by Gasteiger charge is 2.07. The number of rotatable bonds is 6. The Bertz CT molecular complexity index is 480. The number of aliphatic imine (C=N–C) groups is 1. The molecular formula is C14H26IN5O2. The number of hydrogen-bond acceptors (Lipinski definition) is 4. The Morgan fingerprint density at radius 1 is 1.32 bits per heavy atom. The second-order valence-electron chi connectivity index (χ2n) is 4.98. The number of amides is 1. The zero-order valence-electron chi connectivity index (χ0n) is 13.9. The van der Waals surface area contributed by atoms with Crippen LogP contribution >= 0.6 is 24.0 Å². The number of carbonyl (C=O) groups is 1. The number of nitrogens with one attached hydrogen (secondary N) is 2. The van der Waals surface area contributed by atoms with Crippen LogP contribution < -0.4 is 10.6 Å². The molecule has 0 bridgehead atoms. The monoisotopic (exact) mass is 423 g/mol. The summed E-state index contributed by atoms with van der Waals surface area (Å²) in [5.41, 5.74) is 0.884. The molecule has 0 saturated carbocycles. The number of nitrogens with zero attached hydrogens (tertiary/aromatic N) is 3. The summed E-state index contributed by atoms with van der Waals surface area (Å²) < 4.78 is 5.50. The van der Waals surface area contributed by atoms with Gasteiger partial charge in [-0.2, -0.15) is 0 Å². The van der Waals surface area contributed by atoms with Gasteiger partial charge in [0.05, 0.1) is 12.2 Å². The van der Waals surface area contributed by atoms with Crippen LogP contribution in [0.5, 0.6) is 0 Å². The van der Waals surface area contributed by atoms with Crippen LogP contribution in [-0.4, -0.2) is 48.9 Å². The molecule has 0 spiro atoms. The molecule has 8 heteroatoms. The van der Waals surface area contributed by atoms with Gasteiger partial charge in [0.15, 0.2) is 5.96 Å². The van der Waals surface area contributed by atoms with E-state index in [1.54, 1.807) is 14.1 Å². The van der Waals surface area contributed by atoms with Gasteiger partial charge in [0.25, 0.3) is 0 Å². The molecule has 0 unspecified atom stereocenters. The van der Waals surface area contributed by atoms with E-state index in [0.29, 0.717) is 18.4 Å². The first-order valence-corrected chi connectivity index (χ1v) is 7.09.